The van der Waals surface area contributed by atoms with E-state index < -0.39 is 0 Å². The van der Waals surface area contributed by atoms with Crippen LogP contribution in [0.1, 0.15) is 11.1 Å². The van der Waals surface area contributed by atoms with Crippen molar-refractivity contribution in [3.8, 4) is 0 Å². The summed E-state index contributed by atoms with van der Waals surface area (Å²) in [5.74, 6) is -0.146. The molecule has 2 heterocycles. The third-order valence-corrected chi connectivity index (χ3v) is 5.99. The van der Waals surface area contributed by atoms with Crippen LogP contribution in [0.25, 0.3) is 6.08 Å². The second kappa shape index (κ2) is 7.79. The Balaban J connectivity index is 1.40. The van der Waals surface area contributed by atoms with Gasteiger partial charge in [-0.3, -0.25) is 4.79 Å². The Kier molecular flexibility index (Phi) is 5.23. The third kappa shape index (κ3) is 4.20. The molecule has 0 aromatic heterocycles. The molecule has 1 fully saturated rings. The van der Waals surface area contributed by atoms with Crippen molar-refractivity contribution < 1.29 is 4.79 Å². The number of rotatable bonds is 2. The van der Waals surface area contributed by atoms with Gasteiger partial charge in [-0.05, 0) is 48.5 Å². The molecule has 2 aliphatic heterocycles. The molecular formula is C21H20ClN3OS. The van der Waals surface area contributed by atoms with E-state index in [0.717, 1.165) is 47.6 Å². The minimum atomic E-state index is -0.146. The van der Waals surface area contributed by atoms with Crippen molar-refractivity contribution in [1.82, 2.24) is 4.90 Å². The van der Waals surface area contributed by atoms with Gasteiger partial charge in [-0.15, -0.1) is 0 Å². The minimum absolute atomic E-state index is 0.146. The highest BCUT2D eigenvalue weighted by Gasteiger charge is 2.28. The Bertz CT molecular complexity index is 915. The van der Waals surface area contributed by atoms with Crippen LogP contribution in [0.15, 0.2) is 58.4 Å². The van der Waals surface area contributed by atoms with Crippen molar-refractivity contribution in [2.45, 2.75) is 6.92 Å². The van der Waals surface area contributed by atoms with Gasteiger partial charge in [-0.25, -0.2) is 0 Å². The number of aryl methyl sites for hydroxylation is 1. The van der Waals surface area contributed by atoms with Gasteiger partial charge in [0.1, 0.15) is 0 Å². The lowest BCUT2D eigenvalue weighted by atomic mass is 10.1. The fourth-order valence-corrected chi connectivity index (χ4v) is 4.33. The molecule has 0 aliphatic carbocycles. The highest BCUT2D eigenvalue weighted by molar-refractivity contribution is 8.18. The number of amidine groups is 1. The summed E-state index contributed by atoms with van der Waals surface area (Å²) in [5.41, 5.74) is 3.37. The standard InChI is InChI=1S/C21H20ClN3OS/c1-15-5-7-16(8-6-15)13-19-20(26)23-21(27-19)25-11-9-24(10-12-25)18-4-2-3-17(22)14-18/h2-8,13-14H,9-12H2,1H3/b19-13-. The monoisotopic (exact) mass is 397 g/mol. The molecular weight excluding hydrogens is 378 g/mol. The molecule has 0 unspecified atom stereocenters. The lowest BCUT2D eigenvalue weighted by Crippen LogP contribution is -2.47. The Labute approximate surface area is 168 Å². The first-order valence-electron chi connectivity index (χ1n) is 8.93. The van der Waals surface area contributed by atoms with Gasteiger partial charge in [0.15, 0.2) is 5.17 Å². The predicted molar refractivity (Wildman–Crippen MR) is 114 cm³/mol. The molecule has 0 N–H and O–H groups in total. The van der Waals surface area contributed by atoms with Crippen molar-refractivity contribution in [1.29, 1.82) is 0 Å². The van der Waals surface area contributed by atoms with Gasteiger partial charge < -0.3 is 9.80 Å². The van der Waals surface area contributed by atoms with Gasteiger partial charge in [-0.1, -0.05) is 47.5 Å². The number of halogens is 1. The van der Waals surface area contributed by atoms with Crippen molar-refractivity contribution in [3.05, 3.63) is 69.6 Å². The summed E-state index contributed by atoms with van der Waals surface area (Å²) in [4.78, 5) is 21.8. The van der Waals surface area contributed by atoms with Crippen LogP contribution in [-0.2, 0) is 4.79 Å². The molecule has 0 radical (unpaired) electrons. The third-order valence-electron chi connectivity index (χ3n) is 4.71. The summed E-state index contributed by atoms with van der Waals surface area (Å²) in [6.07, 6.45) is 1.92. The number of thioether (sulfide) groups is 1. The van der Waals surface area contributed by atoms with Gasteiger partial charge in [-0.2, -0.15) is 4.99 Å². The minimum Gasteiger partial charge on any atom is -0.368 e. The molecule has 6 heteroatoms. The second-order valence-electron chi connectivity index (χ2n) is 6.67. The summed E-state index contributed by atoms with van der Waals surface area (Å²) in [7, 11) is 0. The molecule has 2 aromatic rings. The highest BCUT2D eigenvalue weighted by Crippen LogP contribution is 2.31. The van der Waals surface area contributed by atoms with Gasteiger partial charge in [0.2, 0.25) is 0 Å². The average molecular weight is 398 g/mol. The molecule has 27 heavy (non-hydrogen) atoms. The quantitative estimate of drug-likeness (QED) is 0.702. The van der Waals surface area contributed by atoms with Crippen LogP contribution in [0, 0.1) is 6.92 Å². The Morgan fingerprint density at radius 2 is 1.74 bits per heavy atom. The molecule has 1 saturated heterocycles. The number of nitrogens with zero attached hydrogens (tertiary/aromatic N) is 3. The summed E-state index contributed by atoms with van der Waals surface area (Å²) in [5, 5.41) is 1.56. The van der Waals surface area contributed by atoms with Gasteiger partial charge >= 0.3 is 0 Å². The molecule has 0 spiro atoms. The molecule has 0 bridgehead atoms. The normalized spacial score (nSPS) is 19.0. The summed E-state index contributed by atoms with van der Waals surface area (Å²) >= 11 is 7.57. The summed E-state index contributed by atoms with van der Waals surface area (Å²) in [6.45, 7) is 5.49. The van der Waals surface area contributed by atoms with E-state index in [1.54, 1.807) is 0 Å². The van der Waals surface area contributed by atoms with E-state index in [1.807, 2.05) is 48.5 Å². The number of aliphatic imine (C=N–C) groups is 1. The highest BCUT2D eigenvalue weighted by atomic mass is 35.5. The lowest BCUT2D eigenvalue weighted by molar-refractivity contribution is -0.113. The topological polar surface area (TPSA) is 35.9 Å². The number of amides is 1. The number of carbonyl (C=O) groups is 1. The first-order valence-corrected chi connectivity index (χ1v) is 10.1. The van der Waals surface area contributed by atoms with Crippen LogP contribution in [0.2, 0.25) is 5.02 Å². The number of benzene rings is 2. The molecule has 0 saturated carbocycles. The number of piperazine rings is 1. The smallest absolute Gasteiger partial charge is 0.286 e. The van der Waals surface area contributed by atoms with Gasteiger partial charge in [0, 0.05) is 36.9 Å². The SMILES string of the molecule is Cc1ccc(/C=C2\SC(N3CCN(c4cccc(Cl)c4)CC3)=NC2=O)cc1. The fourth-order valence-electron chi connectivity index (χ4n) is 3.18. The largest absolute Gasteiger partial charge is 0.368 e. The zero-order chi connectivity index (χ0) is 18.8. The number of hydrogen-bond acceptors (Lipinski definition) is 4. The molecule has 2 aromatic carbocycles. The maximum atomic E-state index is 12.3. The zero-order valence-electron chi connectivity index (χ0n) is 15.1. The predicted octanol–water partition coefficient (Wildman–Crippen LogP) is 4.44. The van der Waals surface area contributed by atoms with E-state index in [9.17, 15) is 4.79 Å². The second-order valence-corrected chi connectivity index (χ2v) is 8.12. The fraction of sp³-hybridized carbons (Fsp3) is 0.238. The molecule has 4 nitrogen and oxygen atoms in total. The van der Waals surface area contributed by atoms with Crippen molar-refractivity contribution in [2.75, 3.05) is 31.1 Å². The Morgan fingerprint density at radius 3 is 2.44 bits per heavy atom. The first-order chi connectivity index (χ1) is 13.1. The van der Waals surface area contributed by atoms with Crippen LogP contribution in [0.5, 0.6) is 0 Å². The van der Waals surface area contributed by atoms with E-state index in [2.05, 4.69) is 27.8 Å². The lowest BCUT2D eigenvalue weighted by Gasteiger charge is -2.36. The first kappa shape index (κ1) is 18.1. The molecule has 2 aliphatic rings. The summed E-state index contributed by atoms with van der Waals surface area (Å²) < 4.78 is 0. The van der Waals surface area contributed by atoms with E-state index in [-0.39, 0.29) is 5.91 Å². The van der Waals surface area contributed by atoms with Crippen LogP contribution >= 0.6 is 23.4 Å². The zero-order valence-corrected chi connectivity index (χ0v) is 16.6. The molecule has 0 atom stereocenters. The van der Waals surface area contributed by atoms with Crippen molar-refractivity contribution in [3.63, 3.8) is 0 Å². The number of carbonyl (C=O) groups excluding carboxylic acids is 1. The van der Waals surface area contributed by atoms with Crippen LogP contribution in [-0.4, -0.2) is 42.2 Å². The van der Waals surface area contributed by atoms with E-state index in [1.165, 1.54) is 17.3 Å². The van der Waals surface area contributed by atoms with E-state index >= 15 is 0 Å². The maximum Gasteiger partial charge on any atom is 0.286 e. The molecule has 4 rings (SSSR count). The molecule has 138 valence electrons. The van der Waals surface area contributed by atoms with Crippen LogP contribution in [0.3, 0.4) is 0 Å². The maximum absolute atomic E-state index is 12.3. The number of hydrogen-bond donors (Lipinski definition) is 0. The van der Waals surface area contributed by atoms with Gasteiger partial charge in [0.05, 0.1) is 4.91 Å². The van der Waals surface area contributed by atoms with Crippen LogP contribution < -0.4 is 4.90 Å². The van der Waals surface area contributed by atoms with Gasteiger partial charge in [0.25, 0.3) is 5.91 Å². The van der Waals surface area contributed by atoms with E-state index in [0.29, 0.717) is 4.91 Å². The number of anilines is 1. The Hall–Kier alpha value is -2.24. The van der Waals surface area contributed by atoms with Crippen molar-refractivity contribution in [2.24, 2.45) is 4.99 Å². The van der Waals surface area contributed by atoms with E-state index in [4.69, 9.17) is 11.6 Å². The Morgan fingerprint density at radius 1 is 1.04 bits per heavy atom. The summed E-state index contributed by atoms with van der Waals surface area (Å²) in [6, 6.07) is 16.1. The van der Waals surface area contributed by atoms with Crippen molar-refractivity contribution >= 4 is 46.2 Å². The van der Waals surface area contributed by atoms with Crippen LogP contribution in [0.4, 0.5) is 5.69 Å². The average Bonchev–Trinajstić information content (AvgIpc) is 3.04. The molecule has 1 amide bonds.